The molecule has 0 bridgehead atoms. The SMILES string of the molecule is C=CCOc1ccccc1OCC(/C=N/O)=N/O. The summed E-state index contributed by atoms with van der Waals surface area (Å²) < 4.78 is 10.8. The molecule has 6 heteroatoms. The zero-order valence-electron chi connectivity index (χ0n) is 9.69. The van der Waals surface area contributed by atoms with Crippen molar-refractivity contribution in [2.45, 2.75) is 0 Å². The van der Waals surface area contributed by atoms with E-state index in [4.69, 9.17) is 19.9 Å². The second-order valence-electron chi connectivity index (χ2n) is 3.17. The van der Waals surface area contributed by atoms with Gasteiger partial charge in [0.05, 0.1) is 6.21 Å². The molecule has 0 saturated carbocycles. The Morgan fingerprint density at radius 3 is 2.44 bits per heavy atom. The van der Waals surface area contributed by atoms with Crippen LogP contribution in [0.2, 0.25) is 0 Å². The highest BCUT2D eigenvalue weighted by atomic mass is 16.5. The third-order valence-electron chi connectivity index (χ3n) is 1.92. The Balaban J connectivity index is 2.68. The zero-order chi connectivity index (χ0) is 13.2. The average Bonchev–Trinajstić information content (AvgIpc) is 2.42. The monoisotopic (exact) mass is 250 g/mol. The van der Waals surface area contributed by atoms with Crippen molar-refractivity contribution in [1.29, 1.82) is 0 Å². The minimum atomic E-state index is -0.0466. The van der Waals surface area contributed by atoms with Gasteiger partial charge < -0.3 is 19.9 Å². The fourth-order valence-electron chi connectivity index (χ4n) is 1.15. The Morgan fingerprint density at radius 1 is 1.22 bits per heavy atom. The number of oxime groups is 2. The molecule has 2 N–H and O–H groups in total. The minimum Gasteiger partial charge on any atom is -0.486 e. The third kappa shape index (κ3) is 4.17. The quantitative estimate of drug-likeness (QED) is 0.335. The molecule has 0 amide bonds. The van der Waals surface area contributed by atoms with Crippen molar-refractivity contribution in [3.05, 3.63) is 36.9 Å². The normalized spacial score (nSPS) is 11.4. The highest BCUT2D eigenvalue weighted by Crippen LogP contribution is 2.26. The Bertz CT molecular complexity index is 443. The van der Waals surface area contributed by atoms with E-state index in [1.165, 1.54) is 0 Å². The molecule has 6 nitrogen and oxygen atoms in total. The molecule has 18 heavy (non-hydrogen) atoms. The van der Waals surface area contributed by atoms with Crippen LogP contribution in [0.15, 0.2) is 47.2 Å². The summed E-state index contributed by atoms with van der Waals surface area (Å²) in [5.74, 6) is 1.04. The maximum atomic E-state index is 8.61. The molecular formula is C12H14N2O4. The van der Waals surface area contributed by atoms with Crippen molar-refractivity contribution in [3.63, 3.8) is 0 Å². The van der Waals surface area contributed by atoms with E-state index in [1.807, 2.05) is 6.07 Å². The molecule has 0 aliphatic rings. The molecule has 1 aromatic rings. The molecule has 0 aromatic heterocycles. The summed E-state index contributed by atoms with van der Waals surface area (Å²) in [5.41, 5.74) is 0.0797. The summed E-state index contributed by atoms with van der Waals surface area (Å²) in [4.78, 5) is 0. The van der Waals surface area contributed by atoms with E-state index in [9.17, 15) is 0 Å². The molecule has 0 heterocycles. The Labute approximate surface area is 104 Å². The molecule has 96 valence electrons. The first-order valence-electron chi connectivity index (χ1n) is 5.15. The van der Waals surface area contributed by atoms with Crippen molar-refractivity contribution in [2.75, 3.05) is 13.2 Å². The average molecular weight is 250 g/mol. The first kappa shape index (κ1) is 13.6. The Kier molecular flexibility index (Phi) is 5.82. The molecule has 1 rings (SSSR count). The summed E-state index contributed by atoms with van der Waals surface area (Å²) in [6.45, 7) is 3.87. The van der Waals surface area contributed by atoms with Crippen molar-refractivity contribution < 1.29 is 19.9 Å². The number of hydrogen-bond acceptors (Lipinski definition) is 6. The smallest absolute Gasteiger partial charge is 0.161 e. The van der Waals surface area contributed by atoms with Crippen LogP contribution in [-0.2, 0) is 0 Å². The molecule has 0 saturated heterocycles. The highest BCUT2D eigenvalue weighted by molar-refractivity contribution is 6.30. The predicted octanol–water partition coefficient (Wildman–Crippen LogP) is 1.92. The van der Waals surface area contributed by atoms with E-state index < -0.39 is 0 Å². The van der Waals surface area contributed by atoms with Gasteiger partial charge in [-0.15, -0.1) is 0 Å². The number of para-hydroxylation sites is 2. The van der Waals surface area contributed by atoms with Crippen LogP contribution in [0, 0.1) is 0 Å². The topological polar surface area (TPSA) is 83.6 Å². The molecule has 0 atom stereocenters. The number of ether oxygens (including phenoxy) is 2. The van der Waals surface area contributed by atoms with Crippen molar-refractivity contribution in [3.8, 4) is 11.5 Å². The van der Waals surface area contributed by atoms with Gasteiger partial charge in [0, 0.05) is 0 Å². The van der Waals surface area contributed by atoms with E-state index in [-0.39, 0.29) is 12.3 Å². The number of rotatable bonds is 7. The molecule has 0 unspecified atom stereocenters. The lowest BCUT2D eigenvalue weighted by molar-refractivity contribution is 0.297. The van der Waals surface area contributed by atoms with Crippen molar-refractivity contribution in [1.82, 2.24) is 0 Å². The van der Waals surface area contributed by atoms with Crippen LogP contribution in [0.1, 0.15) is 0 Å². The van der Waals surface area contributed by atoms with Crippen molar-refractivity contribution in [2.24, 2.45) is 10.3 Å². The molecule has 0 aliphatic heterocycles. The number of benzene rings is 1. The van der Waals surface area contributed by atoms with Crippen LogP contribution in [0.25, 0.3) is 0 Å². The predicted molar refractivity (Wildman–Crippen MR) is 67.1 cm³/mol. The van der Waals surface area contributed by atoms with Gasteiger partial charge in [-0.25, -0.2) is 0 Å². The van der Waals surface area contributed by atoms with Crippen LogP contribution in [0.4, 0.5) is 0 Å². The van der Waals surface area contributed by atoms with E-state index in [1.54, 1.807) is 24.3 Å². The van der Waals surface area contributed by atoms with Gasteiger partial charge in [-0.05, 0) is 12.1 Å². The van der Waals surface area contributed by atoms with Gasteiger partial charge in [0.25, 0.3) is 0 Å². The van der Waals surface area contributed by atoms with Crippen molar-refractivity contribution >= 4 is 11.9 Å². The molecule has 0 spiro atoms. The Hall–Kier alpha value is -2.50. The van der Waals surface area contributed by atoms with Gasteiger partial charge in [-0.3, -0.25) is 0 Å². The summed E-state index contributed by atoms with van der Waals surface area (Å²) in [6, 6.07) is 7.05. The number of hydrogen-bond donors (Lipinski definition) is 2. The first-order valence-corrected chi connectivity index (χ1v) is 5.15. The molecule has 1 aromatic carbocycles. The van der Waals surface area contributed by atoms with Crippen LogP contribution in [0.5, 0.6) is 11.5 Å². The van der Waals surface area contributed by atoms with Gasteiger partial charge in [0.1, 0.15) is 18.9 Å². The van der Waals surface area contributed by atoms with Gasteiger partial charge in [-0.1, -0.05) is 35.1 Å². The van der Waals surface area contributed by atoms with Gasteiger partial charge >= 0.3 is 0 Å². The molecular weight excluding hydrogens is 236 g/mol. The molecule has 0 aliphatic carbocycles. The van der Waals surface area contributed by atoms with Crippen LogP contribution in [-0.4, -0.2) is 35.6 Å². The summed E-state index contributed by atoms with van der Waals surface area (Å²) in [5, 5.41) is 22.6. The second kappa shape index (κ2) is 7.72. The van der Waals surface area contributed by atoms with Crippen LogP contribution >= 0.6 is 0 Å². The van der Waals surface area contributed by atoms with Gasteiger partial charge in [0.2, 0.25) is 0 Å². The zero-order valence-corrected chi connectivity index (χ0v) is 9.69. The maximum Gasteiger partial charge on any atom is 0.161 e. The van der Waals surface area contributed by atoms with E-state index >= 15 is 0 Å². The summed E-state index contributed by atoms with van der Waals surface area (Å²) in [7, 11) is 0. The fraction of sp³-hybridized carbons (Fsp3) is 0.167. The first-order chi connectivity index (χ1) is 8.81. The second-order valence-corrected chi connectivity index (χ2v) is 3.17. The lowest BCUT2D eigenvalue weighted by Gasteiger charge is -2.10. The number of nitrogens with zero attached hydrogens (tertiary/aromatic N) is 2. The maximum absolute atomic E-state index is 8.61. The van der Waals surface area contributed by atoms with E-state index in [0.717, 1.165) is 6.21 Å². The van der Waals surface area contributed by atoms with Crippen LogP contribution < -0.4 is 9.47 Å². The lowest BCUT2D eigenvalue weighted by Crippen LogP contribution is -2.13. The van der Waals surface area contributed by atoms with Crippen LogP contribution in [0.3, 0.4) is 0 Å². The third-order valence-corrected chi connectivity index (χ3v) is 1.92. The highest BCUT2D eigenvalue weighted by Gasteiger charge is 2.05. The standard InChI is InChI=1S/C12H14N2O4/c1-2-7-17-11-5-3-4-6-12(11)18-9-10(14-16)8-13-15/h2-6,8,15-16H,1,7,9H2/b13-8+,14-10+. The van der Waals surface area contributed by atoms with E-state index in [0.29, 0.717) is 18.1 Å². The molecule has 0 radical (unpaired) electrons. The summed E-state index contributed by atoms with van der Waals surface area (Å²) >= 11 is 0. The lowest BCUT2D eigenvalue weighted by atomic mass is 10.3. The Morgan fingerprint density at radius 2 is 1.89 bits per heavy atom. The molecule has 0 fully saturated rings. The van der Waals surface area contributed by atoms with Gasteiger partial charge in [0.15, 0.2) is 11.5 Å². The largest absolute Gasteiger partial charge is 0.486 e. The minimum absolute atomic E-state index is 0.0466. The van der Waals surface area contributed by atoms with E-state index in [2.05, 4.69) is 16.9 Å². The van der Waals surface area contributed by atoms with Gasteiger partial charge in [-0.2, -0.15) is 0 Å². The summed E-state index contributed by atoms with van der Waals surface area (Å²) in [6.07, 6.45) is 2.60. The fourth-order valence-corrected chi connectivity index (χ4v) is 1.15.